The van der Waals surface area contributed by atoms with E-state index in [9.17, 15) is 4.39 Å². The van der Waals surface area contributed by atoms with Gasteiger partial charge in [-0.15, -0.1) is 0 Å². The van der Waals surface area contributed by atoms with E-state index in [2.05, 4.69) is 11.8 Å². The molecule has 1 fully saturated rings. The Balaban J connectivity index is 2.21. The summed E-state index contributed by atoms with van der Waals surface area (Å²) in [4.78, 5) is 2.25. The molecule has 0 aromatic rings. The lowest BCUT2D eigenvalue weighted by Gasteiger charge is -2.31. The molecule has 0 aromatic carbocycles. The lowest BCUT2D eigenvalue weighted by Crippen LogP contribution is -2.36. The molecular weight excluding hydrogens is 141 g/mol. The second-order valence-electron chi connectivity index (χ2n) is 3.41. The molecule has 1 heterocycles. The van der Waals surface area contributed by atoms with E-state index in [-0.39, 0.29) is 6.67 Å². The van der Waals surface area contributed by atoms with Crippen LogP contribution in [-0.2, 0) is 0 Å². The van der Waals surface area contributed by atoms with Crippen molar-refractivity contribution in [2.75, 3.05) is 26.3 Å². The van der Waals surface area contributed by atoms with E-state index in [4.69, 9.17) is 0 Å². The molecule has 0 aromatic heterocycles. The van der Waals surface area contributed by atoms with Crippen molar-refractivity contribution >= 4 is 0 Å². The molecule has 1 atom stereocenters. The maximum absolute atomic E-state index is 12.0. The van der Waals surface area contributed by atoms with E-state index in [1.54, 1.807) is 0 Å². The van der Waals surface area contributed by atoms with Crippen LogP contribution in [0.1, 0.15) is 26.2 Å². The molecule has 1 aliphatic rings. The minimum absolute atomic E-state index is 0.184. The van der Waals surface area contributed by atoms with Gasteiger partial charge in [-0.05, 0) is 25.3 Å². The zero-order valence-electron chi connectivity index (χ0n) is 7.35. The van der Waals surface area contributed by atoms with Gasteiger partial charge in [-0.1, -0.05) is 13.3 Å². The first-order chi connectivity index (χ1) is 5.36. The Morgan fingerprint density at radius 2 is 2.36 bits per heavy atom. The summed E-state index contributed by atoms with van der Waals surface area (Å²) in [7, 11) is 0. The van der Waals surface area contributed by atoms with E-state index in [0.717, 1.165) is 19.0 Å². The number of hydrogen-bond donors (Lipinski definition) is 0. The van der Waals surface area contributed by atoms with Crippen molar-refractivity contribution in [3.05, 3.63) is 0 Å². The van der Waals surface area contributed by atoms with Crippen LogP contribution < -0.4 is 0 Å². The normalized spacial score (nSPS) is 27.3. The molecule has 0 N–H and O–H groups in total. The van der Waals surface area contributed by atoms with Gasteiger partial charge in [-0.3, -0.25) is 0 Å². The van der Waals surface area contributed by atoms with Crippen LogP contribution in [0.3, 0.4) is 0 Å². The average Bonchev–Trinajstić information content (AvgIpc) is 2.06. The van der Waals surface area contributed by atoms with Gasteiger partial charge in [0.25, 0.3) is 0 Å². The molecule has 2 heteroatoms. The molecule has 0 radical (unpaired) electrons. The topological polar surface area (TPSA) is 3.24 Å². The standard InChI is InChI=1S/C9H18FN/c1-2-9-4-3-6-11(8-9)7-5-10/h9H,2-8H2,1H3/t9-/m0/s1. The molecule has 0 amide bonds. The molecule has 1 nitrogen and oxygen atoms in total. The van der Waals surface area contributed by atoms with E-state index in [0.29, 0.717) is 6.54 Å². The summed E-state index contributed by atoms with van der Waals surface area (Å²) in [5.74, 6) is 0.829. The van der Waals surface area contributed by atoms with Gasteiger partial charge in [0.1, 0.15) is 6.67 Å². The molecule has 0 bridgehead atoms. The number of nitrogens with zero attached hydrogens (tertiary/aromatic N) is 1. The van der Waals surface area contributed by atoms with Crippen LogP contribution >= 0.6 is 0 Å². The zero-order valence-corrected chi connectivity index (χ0v) is 7.35. The number of hydrogen-bond acceptors (Lipinski definition) is 1. The van der Waals surface area contributed by atoms with Crippen LogP contribution in [0.15, 0.2) is 0 Å². The van der Waals surface area contributed by atoms with Gasteiger partial charge >= 0.3 is 0 Å². The molecule has 0 saturated carbocycles. The van der Waals surface area contributed by atoms with Crippen LogP contribution in [0.5, 0.6) is 0 Å². The van der Waals surface area contributed by atoms with E-state index >= 15 is 0 Å². The third-order valence-electron chi connectivity index (χ3n) is 2.58. The lowest BCUT2D eigenvalue weighted by molar-refractivity contribution is 0.161. The van der Waals surface area contributed by atoms with Crippen LogP contribution in [0, 0.1) is 5.92 Å². The van der Waals surface area contributed by atoms with E-state index in [1.165, 1.54) is 19.3 Å². The fourth-order valence-electron chi connectivity index (χ4n) is 1.81. The Kier molecular flexibility index (Phi) is 3.84. The maximum atomic E-state index is 12.0. The molecule has 11 heavy (non-hydrogen) atoms. The number of alkyl halides is 1. The first-order valence-electron chi connectivity index (χ1n) is 4.65. The summed E-state index contributed by atoms with van der Waals surface area (Å²) in [6, 6.07) is 0. The van der Waals surface area contributed by atoms with Crippen molar-refractivity contribution in [1.29, 1.82) is 0 Å². The molecule has 0 aliphatic carbocycles. The van der Waals surface area contributed by atoms with E-state index in [1.807, 2.05) is 0 Å². The van der Waals surface area contributed by atoms with Gasteiger partial charge in [0.15, 0.2) is 0 Å². The van der Waals surface area contributed by atoms with Crippen molar-refractivity contribution in [2.45, 2.75) is 26.2 Å². The fourth-order valence-corrected chi connectivity index (χ4v) is 1.81. The number of rotatable bonds is 3. The summed E-state index contributed by atoms with van der Waals surface area (Å²) >= 11 is 0. The summed E-state index contributed by atoms with van der Waals surface area (Å²) in [6.45, 7) is 4.93. The minimum atomic E-state index is -0.184. The van der Waals surface area contributed by atoms with Crippen LogP contribution in [0.2, 0.25) is 0 Å². The van der Waals surface area contributed by atoms with Gasteiger partial charge in [0.2, 0.25) is 0 Å². The number of piperidine rings is 1. The van der Waals surface area contributed by atoms with Gasteiger partial charge < -0.3 is 4.90 Å². The highest BCUT2D eigenvalue weighted by molar-refractivity contribution is 4.71. The Bertz CT molecular complexity index is 104. The Morgan fingerprint density at radius 3 is 3.00 bits per heavy atom. The van der Waals surface area contributed by atoms with Crippen LogP contribution in [-0.4, -0.2) is 31.2 Å². The largest absolute Gasteiger partial charge is 0.300 e. The number of likely N-dealkylation sites (tertiary alicyclic amines) is 1. The van der Waals surface area contributed by atoms with Crippen molar-refractivity contribution in [3.63, 3.8) is 0 Å². The van der Waals surface area contributed by atoms with Crippen molar-refractivity contribution in [1.82, 2.24) is 4.90 Å². The SMILES string of the molecule is CC[C@H]1CCCN(CCF)C1. The predicted molar refractivity (Wildman–Crippen MR) is 45.4 cm³/mol. The second-order valence-corrected chi connectivity index (χ2v) is 3.41. The minimum Gasteiger partial charge on any atom is -0.300 e. The average molecular weight is 159 g/mol. The summed E-state index contributed by atoms with van der Waals surface area (Å²) in [5.41, 5.74) is 0. The molecule has 1 aliphatic heterocycles. The molecular formula is C9H18FN. The van der Waals surface area contributed by atoms with Gasteiger partial charge in [0, 0.05) is 13.1 Å². The Labute approximate surface area is 68.6 Å². The summed E-state index contributed by atoms with van der Waals surface area (Å²) < 4.78 is 12.0. The molecule has 0 spiro atoms. The zero-order chi connectivity index (χ0) is 8.10. The highest BCUT2D eigenvalue weighted by atomic mass is 19.1. The summed E-state index contributed by atoms with van der Waals surface area (Å²) in [5, 5.41) is 0. The predicted octanol–water partition coefficient (Wildman–Crippen LogP) is 2.08. The highest BCUT2D eigenvalue weighted by Gasteiger charge is 2.17. The first kappa shape index (κ1) is 8.98. The Morgan fingerprint density at radius 1 is 1.55 bits per heavy atom. The number of halogens is 1. The van der Waals surface area contributed by atoms with Gasteiger partial charge in [0.05, 0.1) is 0 Å². The second kappa shape index (κ2) is 4.70. The van der Waals surface area contributed by atoms with E-state index < -0.39 is 0 Å². The van der Waals surface area contributed by atoms with Gasteiger partial charge in [-0.2, -0.15) is 0 Å². The molecule has 1 rings (SSSR count). The fraction of sp³-hybridized carbons (Fsp3) is 1.00. The van der Waals surface area contributed by atoms with Crippen LogP contribution in [0.4, 0.5) is 4.39 Å². The first-order valence-corrected chi connectivity index (χ1v) is 4.65. The monoisotopic (exact) mass is 159 g/mol. The third-order valence-corrected chi connectivity index (χ3v) is 2.58. The molecule has 0 unspecified atom stereocenters. The quantitative estimate of drug-likeness (QED) is 0.609. The summed E-state index contributed by atoms with van der Waals surface area (Å²) in [6.07, 6.45) is 3.86. The highest BCUT2D eigenvalue weighted by Crippen LogP contribution is 2.18. The smallest absolute Gasteiger partial charge is 0.102 e. The third kappa shape index (κ3) is 2.78. The van der Waals surface area contributed by atoms with Gasteiger partial charge in [-0.25, -0.2) is 4.39 Å². The lowest BCUT2D eigenvalue weighted by atomic mass is 9.96. The van der Waals surface area contributed by atoms with Crippen LogP contribution in [0.25, 0.3) is 0 Å². The Hall–Kier alpha value is -0.110. The molecule has 1 saturated heterocycles. The van der Waals surface area contributed by atoms with Crippen molar-refractivity contribution in [2.24, 2.45) is 5.92 Å². The van der Waals surface area contributed by atoms with Crippen molar-refractivity contribution in [3.8, 4) is 0 Å². The molecule has 66 valence electrons. The maximum Gasteiger partial charge on any atom is 0.102 e. The van der Waals surface area contributed by atoms with Crippen molar-refractivity contribution < 1.29 is 4.39 Å².